The molecule has 18 heavy (non-hydrogen) atoms. The highest BCUT2D eigenvalue weighted by atomic mass is 19.4. The number of amides is 1. The minimum Gasteiger partial charge on any atom is -0.495 e. The zero-order valence-electron chi connectivity index (χ0n) is 9.65. The van der Waals surface area contributed by atoms with E-state index in [0.717, 1.165) is 13.2 Å². The highest BCUT2D eigenvalue weighted by Gasteiger charge is 2.42. The second-order valence-electron chi connectivity index (χ2n) is 3.74. The molecule has 0 radical (unpaired) electrons. The minimum absolute atomic E-state index is 0.655. The van der Waals surface area contributed by atoms with Gasteiger partial charge in [-0.15, -0.1) is 0 Å². The van der Waals surface area contributed by atoms with Gasteiger partial charge < -0.3 is 14.8 Å². The number of nitrogens with one attached hydrogen (secondary N) is 1. The quantitative estimate of drug-likeness (QED) is 0.755. The lowest BCUT2D eigenvalue weighted by atomic mass is 10.0. The first-order valence-corrected chi connectivity index (χ1v) is 5.09. The molecule has 1 amide bonds. The maximum atomic E-state index is 12.1. The number of hydrogen-bond acceptors (Lipinski definition) is 4. The molecule has 0 spiro atoms. The third-order valence-corrected chi connectivity index (χ3v) is 2.25. The van der Waals surface area contributed by atoms with Crippen molar-refractivity contribution in [3.63, 3.8) is 0 Å². The van der Waals surface area contributed by atoms with Gasteiger partial charge in [0.15, 0.2) is 6.10 Å². The lowest BCUT2D eigenvalue weighted by Crippen LogP contribution is -2.53. The van der Waals surface area contributed by atoms with Crippen molar-refractivity contribution < 1.29 is 32.2 Å². The fraction of sp³-hybridized carbons (Fsp3) is 0.600. The summed E-state index contributed by atoms with van der Waals surface area (Å²) in [6.07, 6.45) is -4.30. The van der Waals surface area contributed by atoms with E-state index in [4.69, 9.17) is 9.47 Å². The van der Waals surface area contributed by atoms with Crippen LogP contribution in [0.1, 0.15) is 13.8 Å². The van der Waals surface area contributed by atoms with Crippen LogP contribution in [0.15, 0.2) is 12.3 Å². The van der Waals surface area contributed by atoms with E-state index in [0.29, 0.717) is 0 Å². The van der Waals surface area contributed by atoms with E-state index in [1.54, 1.807) is 5.32 Å². The van der Waals surface area contributed by atoms with E-state index in [-0.39, 0.29) is 0 Å². The molecule has 1 rings (SSSR count). The minimum atomic E-state index is -4.99. The first-order chi connectivity index (χ1) is 8.21. The molecule has 0 saturated carbocycles. The summed E-state index contributed by atoms with van der Waals surface area (Å²) in [6, 6.07) is -1.08. The second-order valence-corrected chi connectivity index (χ2v) is 3.74. The molecule has 102 valence electrons. The number of carbonyl (C=O) groups is 2. The van der Waals surface area contributed by atoms with Crippen LogP contribution in [0.3, 0.4) is 0 Å². The first-order valence-electron chi connectivity index (χ1n) is 5.09. The van der Waals surface area contributed by atoms with Gasteiger partial charge in [0.2, 0.25) is 0 Å². The zero-order chi connectivity index (χ0) is 13.9. The van der Waals surface area contributed by atoms with Crippen LogP contribution in [-0.4, -0.2) is 36.3 Å². The average Bonchev–Trinajstić information content (AvgIpc) is 2.21. The summed E-state index contributed by atoms with van der Waals surface area (Å²) in [5, 5.41) is 1.74. The number of halogens is 3. The van der Waals surface area contributed by atoms with Gasteiger partial charge in [-0.1, -0.05) is 0 Å². The normalized spacial score (nSPS) is 27.3. The van der Waals surface area contributed by atoms with Gasteiger partial charge in [-0.2, -0.15) is 13.2 Å². The maximum absolute atomic E-state index is 12.1. The topological polar surface area (TPSA) is 64.6 Å². The molecule has 5 nitrogen and oxygen atoms in total. The van der Waals surface area contributed by atoms with Crippen LogP contribution in [0, 0.1) is 0 Å². The van der Waals surface area contributed by atoms with Crippen LogP contribution in [0.25, 0.3) is 0 Å². The van der Waals surface area contributed by atoms with Crippen LogP contribution in [0.2, 0.25) is 0 Å². The van der Waals surface area contributed by atoms with E-state index < -0.39 is 36.3 Å². The fourth-order valence-corrected chi connectivity index (χ4v) is 1.46. The van der Waals surface area contributed by atoms with E-state index in [1.807, 2.05) is 0 Å². The Morgan fingerprint density at radius 3 is 2.50 bits per heavy atom. The van der Waals surface area contributed by atoms with Gasteiger partial charge in [-0.25, -0.2) is 0 Å². The van der Waals surface area contributed by atoms with Crippen molar-refractivity contribution in [2.45, 2.75) is 38.3 Å². The molecule has 0 aromatic rings. The Labute approximate surface area is 101 Å². The van der Waals surface area contributed by atoms with Crippen LogP contribution >= 0.6 is 0 Å². The smallest absolute Gasteiger partial charge is 0.471 e. The van der Waals surface area contributed by atoms with Crippen LogP contribution in [-0.2, 0) is 19.1 Å². The van der Waals surface area contributed by atoms with Crippen molar-refractivity contribution in [3.05, 3.63) is 12.3 Å². The van der Waals surface area contributed by atoms with E-state index in [1.165, 1.54) is 13.0 Å². The maximum Gasteiger partial charge on any atom is 0.471 e. The molecule has 0 aliphatic carbocycles. The first kappa shape index (κ1) is 14.3. The molecular weight excluding hydrogens is 255 g/mol. The van der Waals surface area contributed by atoms with Crippen LogP contribution < -0.4 is 5.32 Å². The molecule has 1 aliphatic rings. The summed E-state index contributed by atoms with van der Waals surface area (Å²) >= 11 is 0. The van der Waals surface area contributed by atoms with Crippen molar-refractivity contribution in [2.75, 3.05) is 0 Å². The number of carbonyl (C=O) groups excluding carboxylic acids is 2. The Morgan fingerprint density at radius 1 is 1.39 bits per heavy atom. The summed E-state index contributed by atoms with van der Waals surface area (Å²) in [6.45, 7) is 2.64. The highest BCUT2D eigenvalue weighted by molar-refractivity contribution is 5.82. The predicted octanol–water partition coefficient (Wildman–Crippen LogP) is 0.898. The Morgan fingerprint density at radius 2 is 2.00 bits per heavy atom. The SMILES string of the molecule is CC(=O)O[C@H]1[C@@H](NC(=O)C(F)(F)F)C=CO[C@H]1C. The van der Waals surface area contributed by atoms with Crippen molar-refractivity contribution in [1.82, 2.24) is 5.32 Å². The predicted molar refractivity (Wildman–Crippen MR) is 53.2 cm³/mol. The lowest BCUT2D eigenvalue weighted by Gasteiger charge is -2.32. The Balaban J connectivity index is 2.77. The van der Waals surface area contributed by atoms with Crippen LogP contribution in [0.5, 0.6) is 0 Å². The average molecular weight is 267 g/mol. The second kappa shape index (κ2) is 5.28. The molecule has 0 saturated heterocycles. The lowest BCUT2D eigenvalue weighted by molar-refractivity contribution is -0.176. The van der Waals surface area contributed by atoms with Gasteiger partial charge in [0.1, 0.15) is 6.10 Å². The summed E-state index contributed by atoms with van der Waals surface area (Å²) in [5.74, 6) is -2.76. The third kappa shape index (κ3) is 3.64. The number of esters is 1. The van der Waals surface area contributed by atoms with Crippen molar-refractivity contribution in [3.8, 4) is 0 Å². The summed E-state index contributed by atoms with van der Waals surface area (Å²) < 4.78 is 46.2. The van der Waals surface area contributed by atoms with Crippen LogP contribution in [0.4, 0.5) is 13.2 Å². The van der Waals surface area contributed by atoms with Crippen molar-refractivity contribution >= 4 is 11.9 Å². The Hall–Kier alpha value is -1.73. The van der Waals surface area contributed by atoms with Gasteiger partial charge >= 0.3 is 18.1 Å². The summed E-state index contributed by atoms with van der Waals surface area (Å²) in [7, 11) is 0. The van der Waals surface area contributed by atoms with E-state index in [2.05, 4.69) is 0 Å². The number of ether oxygens (including phenoxy) is 2. The summed E-state index contributed by atoms with van der Waals surface area (Å²) in [5.41, 5.74) is 0. The van der Waals surface area contributed by atoms with Crippen molar-refractivity contribution in [2.24, 2.45) is 0 Å². The van der Waals surface area contributed by atoms with E-state index in [9.17, 15) is 22.8 Å². The standard InChI is InChI=1S/C10H12F3NO4/c1-5-8(18-6(2)15)7(3-4-17-5)14-9(16)10(11,12)13/h3-5,7-8H,1-2H3,(H,14,16)/t5-,7-,8+/m0/s1. The number of rotatable bonds is 2. The molecule has 1 aliphatic heterocycles. The third-order valence-electron chi connectivity index (χ3n) is 2.25. The van der Waals surface area contributed by atoms with Gasteiger partial charge in [0.25, 0.3) is 0 Å². The zero-order valence-corrected chi connectivity index (χ0v) is 9.65. The molecule has 0 aromatic heterocycles. The fourth-order valence-electron chi connectivity index (χ4n) is 1.46. The van der Waals surface area contributed by atoms with Gasteiger partial charge in [0, 0.05) is 6.92 Å². The molecule has 3 atom stereocenters. The molecule has 0 unspecified atom stereocenters. The monoisotopic (exact) mass is 267 g/mol. The molecule has 0 aromatic carbocycles. The largest absolute Gasteiger partial charge is 0.495 e. The molecule has 0 fully saturated rings. The molecule has 0 bridgehead atoms. The van der Waals surface area contributed by atoms with Gasteiger partial charge in [-0.3, -0.25) is 9.59 Å². The molecule has 8 heteroatoms. The van der Waals surface area contributed by atoms with Gasteiger partial charge in [0.05, 0.1) is 12.3 Å². The molecule has 1 N–H and O–H groups in total. The van der Waals surface area contributed by atoms with Crippen molar-refractivity contribution in [1.29, 1.82) is 0 Å². The van der Waals surface area contributed by atoms with Gasteiger partial charge in [-0.05, 0) is 13.0 Å². The number of alkyl halides is 3. The summed E-state index contributed by atoms with van der Waals surface area (Å²) in [4.78, 5) is 21.7. The Kier molecular flexibility index (Phi) is 4.20. The Bertz CT molecular complexity index is 367. The highest BCUT2D eigenvalue weighted by Crippen LogP contribution is 2.19. The molecule has 1 heterocycles. The molecular formula is C10H12F3NO4. The van der Waals surface area contributed by atoms with E-state index >= 15 is 0 Å². The number of hydrogen-bond donors (Lipinski definition) is 1.